The lowest BCUT2D eigenvalue weighted by molar-refractivity contribution is -0.133. The van der Waals surface area contributed by atoms with Crippen LogP contribution in [0, 0.1) is 11.7 Å². The molecule has 1 heterocycles. The number of hydrogen-bond acceptors (Lipinski definition) is 2. The van der Waals surface area contributed by atoms with Crippen LogP contribution >= 0.6 is 0 Å². The van der Waals surface area contributed by atoms with Gasteiger partial charge in [0.25, 0.3) is 0 Å². The molecule has 1 aromatic carbocycles. The zero-order valence-electron chi connectivity index (χ0n) is 12.0. The predicted molar refractivity (Wildman–Crippen MR) is 76.1 cm³/mol. The first-order valence-electron chi connectivity index (χ1n) is 7.35. The lowest BCUT2D eigenvalue weighted by atomic mass is 9.98. The van der Waals surface area contributed by atoms with Gasteiger partial charge in [0.1, 0.15) is 0 Å². The van der Waals surface area contributed by atoms with Gasteiger partial charge in [-0.05, 0) is 31.4 Å². The summed E-state index contributed by atoms with van der Waals surface area (Å²) in [6.45, 7) is 4.06. The van der Waals surface area contributed by atoms with Crippen LogP contribution in [0.15, 0.2) is 24.3 Å². The normalized spacial score (nSPS) is 18.9. The van der Waals surface area contributed by atoms with Crippen molar-refractivity contribution in [3.8, 4) is 5.75 Å². The van der Waals surface area contributed by atoms with Crippen LogP contribution < -0.4 is 4.74 Å². The molecule has 4 heteroatoms. The molecule has 110 valence electrons. The van der Waals surface area contributed by atoms with Crippen LogP contribution in [0.1, 0.15) is 32.6 Å². The molecule has 0 spiro atoms. The fraction of sp³-hybridized carbons (Fsp3) is 0.562. The Morgan fingerprint density at radius 1 is 1.45 bits per heavy atom. The Kier molecular flexibility index (Phi) is 5.39. The fourth-order valence-corrected chi connectivity index (χ4v) is 2.57. The van der Waals surface area contributed by atoms with Gasteiger partial charge in [-0.1, -0.05) is 19.1 Å². The van der Waals surface area contributed by atoms with Gasteiger partial charge in [0.05, 0.1) is 6.61 Å². The highest BCUT2D eigenvalue weighted by Crippen LogP contribution is 2.21. The van der Waals surface area contributed by atoms with E-state index in [1.165, 1.54) is 6.07 Å². The summed E-state index contributed by atoms with van der Waals surface area (Å²) in [5.41, 5.74) is 0. The van der Waals surface area contributed by atoms with Gasteiger partial charge in [0, 0.05) is 25.4 Å². The highest BCUT2D eigenvalue weighted by molar-refractivity contribution is 5.76. The molecule has 0 saturated carbocycles. The summed E-state index contributed by atoms with van der Waals surface area (Å²) in [5.74, 6) is 0.485. The van der Waals surface area contributed by atoms with Crippen molar-refractivity contribution in [2.24, 2.45) is 5.92 Å². The minimum Gasteiger partial charge on any atom is -0.490 e. The molecule has 1 aliphatic heterocycles. The molecule has 0 N–H and O–H groups in total. The SMILES string of the molecule is CCCC(=O)N1CCCC(COc2ccccc2F)C1. The molecule has 0 bridgehead atoms. The first kappa shape index (κ1) is 14.8. The maximum atomic E-state index is 13.5. The molecule has 1 aliphatic rings. The number of piperidine rings is 1. The summed E-state index contributed by atoms with van der Waals surface area (Å²) in [7, 11) is 0. The number of halogens is 1. The average Bonchev–Trinajstić information content (AvgIpc) is 2.47. The quantitative estimate of drug-likeness (QED) is 0.828. The van der Waals surface area contributed by atoms with E-state index in [9.17, 15) is 9.18 Å². The van der Waals surface area contributed by atoms with Gasteiger partial charge in [0.15, 0.2) is 11.6 Å². The number of para-hydroxylation sites is 1. The Labute approximate surface area is 119 Å². The molecule has 1 saturated heterocycles. The van der Waals surface area contributed by atoms with Gasteiger partial charge >= 0.3 is 0 Å². The molecule has 2 rings (SSSR count). The number of amides is 1. The molecule has 1 amide bonds. The smallest absolute Gasteiger partial charge is 0.222 e. The van der Waals surface area contributed by atoms with Gasteiger partial charge < -0.3 is 9.64 Å². The van der Waals surface area contributed by atoms with Crippen molar-refractivity contribution in [2.45, 2.75) is 32.6 Å². The largest absolute Gasteiger partial charge is 0.490 e. The Bertz CT molecular complexity index is 450. The number of hydrogen-bond donors (Lipinski definition) is 0. The number of rotatable bonds is 5. The van der Waals surface area contributed by atoms with Crippen molar-refractivity contribution < 1.29 is 13.9 Å². The Hall–Kier alpha value is -1.58. The number of nitrogens with zero attached hydrogens (tertiary/aromatic N) is 1. The molecule has 0 aliphatic carbocycles. The maximum absolute atomic E-state index is 13.5. The van der Waals surface area contributed by atoms with E-state index in [0.29, 0.717) is 24.7 Å². The number of likely N-dealkylation sites (tertiary alicyclic amines) is 1. The van der Waals surface area contributed by atoms with E-state index in [1.807, 2.05) is 11.8 Å². The molecule has 0 aromatic heterocycles. The van der Waals surface area contributed by atoms with Crippen LogP contribution in [0.2, 0.25) is 0 Å². The first-order valence-corrected chi connectivity index (χ1v) is 7.35. The first-order chi connectivity index (χ1) is 9.70. The summed E-state index contributed by atoms with van der Waals surface area (Å²) >= 11 is 0. The zero-order chi connectivity index (χ0) is 14.4. The number of ether oxygens (including phenoxy) is 1. The van der Waals surface area contributed by atoms with Crippen molar-refractivity contribution in [1.82, 2.24) is 4.90 Å². The third kappa shape index (κ3) is 3.95. The van der Waals surface area contributed by atoms with Crippen LogP contribution in [0.5, 0.6) is 5.75 Å². The van der Waals surface area contributed by atoms with Crippen molar-refractivity contribution >= 4 is 5.91 Å². The van der Waals surface area contributed by atoms with Gasteiger partial charge in [-0.2, -0.15) is 0 Å². The fourth-order valence-electron chi connectivity index (χ4n) is 2.57. The summed E-state index contributed by atoms with van der Waals surface area (Å²) in [6, 6.07) is 6.44. The molecule has 3 nitrogen and oxygen atoms in total. The highest BCUT2D eigenvalue weighted by Gasteiger charge is 2.23. The van der Waals surface area contributed by atoms with Crippen LogP contribution in [-0.4, -0.2) is 30.5 Å². The highest BCUT2D eigenvalue weighted by atomic mass is 19.1. The summed E-state index contributed by atoms with van der Waals surface area (Å²) in [5, 5.41) is 0. The van der Waals surface area contributed by atoms with Gasteiger partial charge in [-0.3, -0.25) is 4.79 Å². The van der Waals surface area contributed by atoms with E-state index in [2.05, 4.69) is 0 Å². The van der Waals surface area contributed by atoms with Crippen LogP contribution in [0.3, 0.4) is 0 Å². The molecule has 1 unspecified atom stereocenters. The van der Waals surface area contributed by atoms with E-state index in [-0.39, 0.29) is 11.7 Å². The molecule has 0 radical (unpaired) electrons. The number of carbonyl (C=O) groups is 1. The second-order valence-corrected chi connectivity index (χ2v) is 5.34. The Morgan fingerprint density at radius 3 is 3.00 bits per heavy atom. The maximum Gasteiger partial charge on any atom is 0.222 e. The summed E-state index contributed by atoms with van der Waals surface area (Å²) < 4.78 is 19.0. The lowest BCUT2D eigenvalue weighted by Gasteiger charge is -2.32. The molecule has 1 atom stereocenters. The number of carbonyl (C=O) groups excluding carboxylic acids is 1. The van der Waals surface area contributed by atoms with E-state index in [4.69, 9.17) is 4.74 Å². The summed E-state index contributed by atoms with van der Waals surface area (Å²) in [6.07, 6.45) is 3.53. The van der Waals surface area contributed by atoms with Gasteiger partial charge in [0.2, 0.25) is 5.91 Å². The minimum absolute atomic E-state index is 0.225. The van der Waals surface area contributed by atoms with E-state index < -0.39 is 0 Å². The van der Waals surface area contributed by atoms with Crippen LogP contribution in [0.25, 0.3) is 0 Å². The third-order valence-electron chi connectivity index (χ3n) is 3.65. The molecule has 20 heavy (non-hydrogen) atoms. The summed E-state index contributed by atoms with van der Waals surface area (Å²) in [4.78, 5) is 13.8. The van der Waals surface area contributed by atoms with E-state index >= 15 is 0 Å². The zero-order valence-corrected chi connectivity index (χ0v) is 12.0. The predicted octanol–water partition coefficient (Wildman–Crippen LogP) is 3.24. The van der Waals surface area contributed by atoms with Gasteiger partial charge in [-0.25, -0.2) is 4.39 Å². The Balaban J connectivity index is 1.84. The number of benzene rings is 1. The van der Waals surface area contributed by atoms with Crippen molar-refractivity contribution in [1.29, 1.82) is 0 Å². The van der Waals surface area contributed by atoms with E-state index in [1.54, 1.807) is 18.2 Å². The molecule has 1 aromatic rings. The molecular weight excluding hydrogens is 257 g/mol. The lowest BCUT2D eigenvalue weighted by Crippen LogP contribution is -2.41. The molecule has 1 fully saturated rings. The van der Waals surface area contributed by atoms with Crippen molar-refractivity contribution in [3.05, 3.63) is 30.1 Å². The minimum atomic E-state index is -0.331. The van der Waals surface area contributed by atoms with Crippen LogP contribution in [-0.2, 0) is 4.79 Å². The molecular formula is C16H22FNO2. The average molecular weight is 279 g/mol. The Morgan fingerprint density at radius 2 is 2.25 bits per heavy atom. The van der Waals surface area contributed by atoms with E-state index in [0.717, 1.165) is 32.4 Å². The standard InChI is InChI=1S/C16H22FNO2/c1-2-6-16(19)18-10-5-7-13(11-18)12-20-15-9-4-3-8-14(15)17/h3-4,8-9,13H,2,5-7,10-12H2,1H3. The van der Waals surface area contributed by atoms with Crippen molar-refractivity contribution in [3.63, 3.8) is 0 Å². The van der Waals surface area contributed by atoms with Crippen molar-refractivity contribution in [2.75, 3.05) is 19.7 Å². The second kappa shape index (κ2) is 7.27. The monoisotopic (exact) mass is 279 g/mol. The third-order valence-corrected chi connectivity index (χ3v) is 3.65. The topological polar surface area (TPSA) is 29.5 Å². The van der Waals surface area contributed by atoms with Gasteiger partial charge in [-0.15, -0.1) is 0 Å². The second-order valence-electron chi connectivity index (χ2n) is 5.34. The van der Waals surface area contributed by atoms with Crippen LogP contribution in [0.4, 0.5) is 4.39 Å².